The minimum Gasteiger partial charge on any atom is -0.388 e. The van der Waals surface area contributed by atoms with Crippen molar-refractivity contribution in [2.75, 3.05) is 12.3 Å². The molecule has 0 saturated carbocycles. The lowest BCUT2D eigenvalue weighted by Gasteiger charge is -2.23. The van der Waals surface area contributed by atoms with E-state index in [1.165, 1.54) is 0 Å². The Bertz CT molecular complexity index is 602. The minimum absolute atomic E-state index is 0.507. The fraction of sp³-hybridized carbons (Fsp3) is 0.294. The highest BCUT2D eigenvalue weighted by molar-refractivity contribution is 7.99. The van der Waals surface area contributed by atoms with Crippen LogP contribution in [0, 0.1) is 0 Å². The van der Waals surface area contributed by atoms with Crippen LogP contribution < -0.4 is 5.32 Å². The normalized spacial score (nSPS) is 13.8. The lowest BCUT2D eigenvalue weighted by molar-refractivity contribution is 0.0845. The average Bonchev–Trinajstić information content (AvgIpc) is 2.48. The van der Waals surface area contributed by atoms with E-state index >= 15 is 0 Å². The molecule has 2 aromatic rings. The predicted molar refractivity (Wildman–Crippen MR) is 96.0 cm³/mol. The number of hydrogen-bond acceptors (Lipinski definition) is 3. The fourth-order valence-electron chi connectivity index (χ4n) is 1.92. The first-order valence-corrected chi connectivity index (χ1v) is 8.75. The van der Waals surface area contributed by atoms with Gasteiger partial charge in [-0.15, -0.1) is 11.8 Å². The summed E-state index contributed by atoms with van der Waals surface area (Å²) in [4.78, 5) is 0.988. The highest BCUT2D eigenvalue weighted by Crippen LogP contribution is 2.29. The maximum absolute atomic E-state index is 10.4. The Morgan fingerprint density at radius 1 is 1.09 bits per heavy atom. The number of aliphatic hydroxyl groups is 1. The van der Waals surface area contributed by atoms with Crippen LogP contribution in [0.5, 0.6) is 0 Å². The molecule has 0 aliphatic rings. The molecule has 2 N–H and O–H groups in total. The van der Waals surface area contributed by atoms with E-state index in [1.807, 2.05) is 55.5 Å². The molecule has 0 aliphatic carbocycles. The Morgan fingerprint density at radius 2 is 1.77 bits per heavy atom. The Hall–Kier alpha value is -0.710. The third kappa shape index (κ3) is 5.82. The number of hydrogen-bond donors (Lipinski definition) is 2. The maximum Gasteiger partial charge on any atom is 0.0837 e. The minimum atomic E-state index is -0.809. The summed E-state index contributed by atoms with van der Waals surface area (Å²) in [5.41, 5.74) is 0.329. The van der Waals surface area contributed by atoms with Gasteiger partial charge in [-0.3, -0.25) is 0 Å². The van der Waals surface area contributed by atoms with Gasteiger partial charge in [0.25, 0.3) is 0 Å². The molecular formula is C17H19Cl2NOS. The van der Waals surface area contributed by atoms with Gasteiger partial charge in [-0.05, 0) is 36.8 Å². The zero-order valence-corrected chi connectivity index (χ0v) is 14.7. The lowest BCUT2D eigenvalue weighted by atomic mass is 10.1. The van der Waals surface area contributed by atoms with E-state index < -0.39 is 5.60 Å². The molecule has 0 heterocycles. The number of nitrogens with one attached hydrogen (secondary N) is 1. The van der Waals surface area contributed by atoms with Crippen LogP contribution in [0.25, 0.3) is 0 Å². The summed E-state index contributed by atoms with van der Waals surface area (Å²) in [7, 11) is 0. The second-order valence-electron chi connectivity index (χ2n) is 5.45. The Kier molecular flexibility index (Phi) is 6.60. The van der Waals surface area contributed by atoms with Crippen LogP contribution in [0.4, 0.5) is 0 Å². The first-order valence-electron chi connectivity index (χ1n) is 7.01. The van der Waals surface area contributed by atoms with Crippen LogP contribution in [0.2, 0.25) is 10.0 Å². The molecule has 0 aliphatic heterocycles. The van der Waals surface area contributed by atoms with E-state index in [0.717, 1.165) is 20.5 Å². The number of halogens is 2. The summed E-state index contributed by atoms with van der Waals surface area (Å²) in [6.07, 6.45) is 0. The number of rotatable bonds is 7. The van der Waals surface area contributed by atoms with E-state index in [4.69, 9.17) is 23.2 Å². The molecule has 0 unspecified atom stereocenters. The molecule has 1 atom stereocenters. The monoisotopic (exact) mass is 355 g/mol. The summed E-state index contributed by atoms with van der Waals surface area (Å²) in [5, 5.41) is 15.2. The summed E-state index contributed by atoms with van der Waals surface area (Å²) in [6.45, 7) is 3.03. The maximum atomic E-state index is 10.4. The molecule has 2 rings (SSSR count). The largest absolute Gasteiger partial charge is 0.388 e. The van der Waals surface area contributed by atoms with Gasteiger partial charge in [0, 0.05) is 28.8 Å². The van der Waals surface area contributed by atoms with Crippen molar-refractivity contribution in [2.24, 2.45) is 0 Å². The highest BCUT2D eigenvalue weighted by Gasteiger charge is 2.20. The molecule has 2 nitrogen and oxygen atoms in total. The van der Waals surface area contributed by atoms with Gasteiger partial charge in [-0.25, -0.2) is 0 Å². The van der Waals surface area contributed by atoms with Crippen molar-refractivity contribution in [2.45, 2.75) is 24.0 Å². The predicted octanol–water partition coefficient (Wildman–Crippen LogP) is 4.63. The first-order chi connectivity index (χ1) is 10.5. The van der Waals surface area contributed by atoms with Crippen LogP contribution >= 0.6 is 35.0 Å². The van der Waals surface area contributed by atoms with Gasteiger partial charge in [-0.2, -0.15) is 0 Å². The van der Waals surface area contributed by atoms with Crippen LogP contribution in [0.1, 0.15) is 12.5 Å². The molecule has 22 heavy (non-hydrogen) atoms. The highest BCUT2D eigenvalue weighted by atomic mass is 35.5. The van der Waals surface area contributed by atoms with Crippen molar-refractivity contribution in [1.82, 2.24) is 5.32 Å². The molecular weight excluding hydrogens is 337 g/mol. The fourth-order valence-corrected chi connectivity index (χ4v) is 3.30. The molecule has 5 heteroatoms. The zero-order valence-electron chi connectivity index (χ0n) is 12.4. The Balaban J connectivity index is 1.78. The molecule has 0 spiro atoms. The van der Waals surface area contributed by atoms with Crippen molar-refractivity contribution in [3.8, 4) is 0 Å². The van der Waals surface area contributed by atoms with Gasteiger partial charge >= 0.3 is 0 Å². The average molecular weight is 356 g/mol. The van der Waals surface area contributed by atoms with E-state index in [1.54, 1.807) is 11.8 Å². The van der Waals surface area contributed by atoms with Gasteiger partial charge in [0.1, 0.15) is 0 Å². The zero-order chi connectivity index (χ0) is 16.0. The van der Waals surface area contributed by atoms with Crippen molar-refractivity contribution in [3.63, 3.8) is 0 Å². The van der Waals surface area contributed by atoms with Gasteiger partial charge in [0.05, 0.1) is 10.6 Å². The van der Waals surface area contributed by atoms with Gasteiger partial charge in [0.2, 0.25) is 0 Å². The molecule has 0 radical (unpaired) electrons. The van der Waals surface area contributed by atoms with Crippen molar-refractivity contribution >= 4 is 35.0 Å². The van der Waals surface area contributed by atoms with Crippen molar-refractivity contribution in [1.29, 1.82) is 0 Å². The third-order valence-electron chi connectivity index (χ3n) is 3.12. The summed E-state index contributed by atoms with van der Waals surface area (Å²) < 4.78 is 0. The van der Waals surface area contributed by atoms with Crippen LogP contribution in [0.15, 0.2) is 53.4 Å². The summed E-state index contributed by atoms with van der Waals surface area (Å²) in [5.74, 6) is 0.574. The molecule has 0 amide bonds. The van der Waals surface area contributed by atoms with Crippen molar-refractivity contribution in [3.05, 3.63) is 64.1 Å². The SMILES string of the molecule is C[C@](O)(CNCc1ccc(Cl)cc1)CSc1ccccc1Cl. The standard InChI is InChI=1S/C17H19Cl2NOS/c1-17(21,12-22-16-5-3-2-4-15(16)19)11-20-10-13-6-8-14(18)9-7-13/h2-9,20-21H,10-12H2,1H3/t17-/m0/s1. The van der Waals surface area contributed by atoms with E-state index in [9.17, 15) is 5.11 Å². The molecule has 0 aromatic heterocycles. The topological polar surface area (TPSA) is 32.3 Å². The van der Waals surface area contributed by atoms with Gasteiger partial charge in [-0.1, -0.05) is 47.5 Å². The second-order valence-corrected chi connectivity index (χ2v) is 7.31. The summed E-state index contributed by atoms with van der Waals surface area (Å²) >= 11 is 13.5. The third-order valence-corrected chi connectivity index (χ3v) is 5.25. The Labute approximate surface area is 145 Å². The second kappa shape index (κ2) is 8.23. The quantitative estimate of drug-likeness (QED) is 0.710. The van der Waals surface area contributed by atoms with E-state index in [-0.39, 0.29) is 0 Å². The molecule has 0 saturated heterocycles. The smallest absolute Gasteiger partial charge is 0.0837 e. The van der Waals surface area contributed by atoms with Gasteiger partial charge in [0.15, 0.2) is 0 Å². The molecule has 0 fully saturated rings. The van der Waals surface area contributed by atoms with Crippen molar-refractivity contribution < 1.29 is 5.11 Å². The van der Waals surface area contributed by atoms with Crippen LogP contribution in [-0.4, -0.2) is 23.0 Å². The lowest BCUT2D eigenvalue weighted by Crippen LogP contribution is -2.39. The molecule has 0 bridgehead atoms. The summed E-state index contributed by atoms with van der Waals surface area (Å²) in [6, 6.07) is 15.3. The molecule has 2 aromatic carbocycles. The molecule has 118 valence electrons. The van der Waals surface area contributed by atoms with E-state index in [2.05, 4.69) is 5.32 Å². The Morgan fingerprint density at radius 3 is 2.45 bits per heavy atom. The van der Waals surface area contributed by atoms with Gasteiger partial charge < -0.3 is 10.4 Å². The number of benzene rings is 2. The first kappa shape index (κ1) is 17.6. The number of thioether (sulfide) groups is 1. The van der Waals surface area contributed by atoms with Crippen LogP contribution in [-0.2, 0) is 6.54 Å². The van der Waals surface area contributed by atoms with E-state index in [0.29, 0.717) is 18.8 Å². The van der Waals surface area contributed by atoms with Crippen LogP contribution in [0.3, 0.4) is 0 Å².